The molecule has 2 N–H and O–H groups in total. The van der Waals surface area contributed by atoms with Gasteiger partial charge in [0, 0.05) is 25.2 Å². The van der Waals surface area contributed by atoms with Crippen LogP contribution in [0.2, 0.25) is 0 Å². The van der Waals surface area contributed by atoms with Crippen LogP contribution in [0.5, 0.6) is 0 Å². The molecule has 3 aliphatic rings. The smallest absolute Gasteiger partial charge is 0.273 e. The van der Waals surface area contributed by atoms with E-state index in [1.54, 1.807) is 0 Å². The van der Waals surface area contributed by atoms with Crippen LogP contribution in [0.4, 0.5) is 5.69 Å². The molecule has 10 nitrogen and oxygen atoms in total. The maximum atomic E-state index is 12.6. The fourth-order valence-corrected chi connectivity index (χ4v) is 7.15. The van der Waals surface area contributed by atoms with Crippen molar-refractivity contribution in [1.29, 1.82) is 0 Å². The van der Waals surface area contributed by atoms with Crippen molar-refractivity contribution in [2.75, 3.05) is 29.9 Å². The second-order valence-electron chi connectivity index (χ2n) is 7.84. The molecular weight excluding hydrogens is 444 g/mol. The van der Waals surface area contributed by atoms with Gasteiger partial charge in [-0.1, -0.05) is 0 Å². The number of hydrogen-bond donors (Lipinski definition) is 2. The first-order valence-electron chi connectivity index (χ1n) is 10.1. The number of benzene rings is 1. The van der Waals surface area contributed by atoms with Gasteiger partial charge in [-0.3, -0.25) is 20.0 Å². The highest BCUT2D eigenvalue weighted by Gasteiger charge is 2.37. The van der Waals surface area contributed by atoms with Gasteiger partial charge in [0.15, 0.2) is 9.84 Å². The van der Waals surface area contributed by atoms with Gasteiger partial charge in [-0.2, -0.15) is 4.31 Å². The first kappa shape index (κ1) is 21.8. The number of nitrogens with zero attached hydrogens (tertiary/aromatic N) is 2. The van der Waals surface area contributed by atoms with Crippen molar-refractivity contribution in [2.45, 2.75) is 36.6 Å². The van der Waals surface area contributed by atoms with Gasteiger partial charge < -0.3 is 5.32 Å². The van der Waals surface area contributed by atoms with Crippen molar-refractivity contribution >= 4 is 37.4 Å². The van der Waals surface area contributed by atoms with Gasteiger partial charge in [-0.25, -0.2) is 16.8 Å². The van der Waals surface area contributed by atoms with Gasteiger partial charge in [0.1, 0.15) is 5.70 Å². The van der Waals surface area contributed by atoms with Gasteiger partial charge >= 0.3 is 0 Å². The number of amides is 2. The lowest BCUT2D eigenvalue weighted by atomic mass is 10.2. The van der Waals surface area contributed by atoms with Crippen molar-refractivity contribution in [3.8, 4) is 0 Å². The van der Waals surface area contributed by atoms with Crippen LogP contribution in [0, 0.1) is 0 Å². The second kappa shape index (κ2) is 8.24. The number of carbonyl (C=O) groups is 2. The van der Waals surface area contributed by atoms with E-state index < -0.39 is 31.8 Å². The molecule has 0 spiro atoms. The number of sulfone groups is 1. The van der Waals surface area contributed by atoms with Crippen LogP contribution in [0.3, 0.4) is 0 Å². The molecule has 2 saturated heterocycles. The van der Waals surface area contributed by atoms with Crippen LogP contribution >= 0.6 is 0 Å². The number of carbonyl (C=O) groups excluding carboxylic acids is 2. The molecule has 0 radical (unpaired) electrons. The number of hydrazine groups is 1. The molecule has 0 unspecified atom stereocenters. The summed E-state index contributed by atoms with van der Waals surface area (Å²) in [5, 5.41) is 3.90. The van der Waals surface area contributed by atoms with Crippen molar-refractivity contribution in [3.05, 3.63) is 36.0 Å². The molecule has 0 aromatic heterocycles. The topological polar surface area (TPSA) is 133 Å². The summed E-state index contributed by atoms with van der Waals surface area (Å²) < 4.78 is 50.1. The Morgan fingerprint density at radius 3 is 2.42 bits per heavy atom. The Kier molecular flexibility index (Phi) is 5.79. The average Bonchev–Trinajstić information content (AvgIpc) is 3.39. The highest BCUT2D eigenvalue weighted by molar-refractivity contribution is 7.91. The molecule has 2 amide bonds. The monoisotopic (exact) mass is 468 g/mol. The Morgan fingerprint density at radius 2 is 1.81 bits per heavy atom. The predicted molar refractivity (Wildman–Crippen MR) is 113 cm³/mol. The van der Waals surface area contributed by atoms with Gasteiger partial charge in [0.05, 0.1) is 22.4 Å². The first-order valence-corrected chi connectivity index (χ1v) is 13.3. The van der Waals surface area contributed by atoms with Gasteiger partial charge in [-0.15, -0.1) is 0 Å². The molecule has 0 saturated carbocycles. The van der Waals surface area contributed by atoms with Crippen LogP contribution in [0.25, 0.3) is 0 Å². The zero-order chi connectivity index (χ0) is 22.2. The van der Waals surface area contributed by atoms with Gasteiger partial charge in [0.2, 0.25) is 15.9 Å². The molecule has 1 atom stereocenters. The van der Waals surface area contributed by atoms with E-state index in [4.69, 9.17) is 0 Å². The highest BCUT2D eigenvalue weighted by atomic mass is 32.2. The lowest BCUT2D eigenvalue weighted by molar-refractivity contribution is -0.136. The molecule has 1 aromatic carbocycles. The molecular formula is C19H24N4O6S2. The van der Waals surface area contributed by atoms with E-state index in [2.05, 4.69) is 10.7 Å². The number of anilines is 1. The van der Waals surface area contributed by atoms with E-state index in [1.165, 1.54) is 39.7 Å². The molecule has 0 bridgehead atoms. The summed E-state index contributed by atoms with van der Waals surface area (Å²) in [7, 11) is -6.72. The summed E-state index contributed by atoms with van der Waals surface area (Å²) in [5.74, 6) is -0.919. The molecule has 1 aromatic rings. The number of hydrogen-bond acceptors (Lipinski definition) is 7. The zero-order valence-corrected chi connectivity index (χ0v) is 18.4. The van der Waals surface area contributed by atoms with Gasteiger partial charge in [0.25, 0.3) is 5.91 Å². The van der Waals surface area contributed by atoms with Crippen molar-refractivity contribution < 1.29 is 26.4 Å². The lowest BCUT2D eigenvalue weighted by Crippen LogP contribution is -2.53. The molecule has 2 fully saturated rings. The van der Waals surface area contributed by atoms with E-state index in [0.717, 1.165) is 12.8 Å². The largest absolute Gasteiger partial charge is 0.321 e. The van der Waals surface area contributed by atoms with Crippen LogP contribution in [0.1, 0.15) is 25.7 Å². The SMILES string of the molecule is O=C(Nc1ccc(S(=O)(=O)N2CCCC2)cc1)C1=CCC(=O)N([C@@H]2CCS(=O)(=O)C2)N1. The maximum Gasteiger partial charge on any atom is 0.273 e. The lowest BCUT2D eigenvalue weighted by Gasteiger charge is -2.32. The van der Waals surface area contributed by atoms with E-state index in [1.807, 2.05) is 0 Å². The Balaban J connectivity index is 1.41. The number of nitrogens with one attached hydrogen (secondary N) is 2. The molecule has 3 aliphatic heterocycles. The molecule has 3 heterocycles. The highest BCUT2D eigenvalue weighted by Crippen LogP contribution is 2.23. The average molecular weight is 469 g/mol. The normalized spacial score (nSPS) is 24.0. The Morgan fingerprint density at radius 1 is 1.13 bits per heavy atom. The summed E-state index contributed by atoms with van der Waals surface area (Å²) in [6.45, 7) is 1.02. The van der Waals surface area contributed by atoms with Crippen molar-refractivity contribution in [1.82, 2.24) is 14.7 Å². The van der Waals surface area contributed by atoms with Gasteiger partial charge in [-0.05, 0) is 49.6 Å². The number of rotatable bonds is 5. The molecule has 0 aliphatic carbocycles. The van der Waals surface area contributed by atoms with E-state index >= 15 is 0 Å². The van der Waals surface area contributed by atoms with Crippen molar-refractivity contribution in [2.24, 2.45) is 0 Å². The minimum Gasteiger partial charge on any atom is -0.321 e. The minimum atomic E-state index is -3.53. The molecule has 31 heavy (non-hydrogen) atoms. The fourth-order valence-electron chi connectivity index (χ4n) is 3.93. The third-order valence-electron chi connectivity index (χ3n) is 5.62. The van der Waals surface area contributed by atoms with Crippen LogP contribution < -0.4 is 10.7 Å². The summed E-state index contributed by atoms with van der Waals surface area (Å²) in [6, 6.07) is 5.41. The summed E-state index contributed by atoms with van der Waals surface area (Å²) in [5.41, 5.74) is 3.28. The predicted octanol–water partition coefficient (Wildman–Crippen LogP) is 0.218. The second-order valence-corrected chi connectivity index (χ2v) is 12.0. The quantitative estimate of drug-likeness (QED) is 0.631. The van der Waals surface area contributed by atoms with E-state index in [9.17, 15) is 26.4 Å². The van der Waals surface area contributed by atoms with Crippen molar-refractivity contribution in [3.63, 3.8) is 0 Å². The standard InChI is InChI=1S/C19H24N4O6S2/c24-18-8-7-17(21-23(18)15-9-12-30(26,27)13-15)19(25)20-14-3-5-16(6-4-14)31(28,29)22-10-1-2-11-22/h3-7,15,21H,1-2,8-13H2,(H,20,25)/t15-/m1/s1. The first-order chi connectivity index (χ1) is 14.7. The van der Waals surface area contributed by atoms with Crippen LogP contribution in [-0.4, -0.2) is 68.6 Å². The van der Waals surface area contributed by atoms with E-state index in [0.29, 0.717) is 25.2 Å². The maximum absolute atomic E-state index is 12.6. The summed E-state index contributed by atoms with van der Waals surface area (Å²) in [4.78, 5) is 25.0. The zero-order valence-electron chi connectivity index (χ0n) is 16.8. The Bertz CT molecular complexity index is 1120. The fraction of sp³-hybridized carbons (Fsp3) is 0.474. The molecule has 4 rings (SSSR count). The number of sulfonamides is 1. The Hall–Kier alpha value is -2.44. The Labute approximate surface area is 181 Å². The summed E-state index contributed by atoms with van der Waals surface area (Å²) >= 11 is 0. The van der Waals surface area contributed by atoms with Crippen LogP contribution in [0.15, 0.2) is 40.9 Å². The third kappa shape index (κ3) is 4.60. The molecule has 168 valence electrons. The summed E-state index contributed by atoms with van der Waals surface area (Å²) in [6.07, 6.45) is 3.45. The minimum absolute atomic E-state index is 0.0146. The van der Waals surface area contributed by atoms with E-state index in [-0.39, 0.29) is 34.4 Å². The third-order valence-corrected chi connectivity index (χ3v) is 9.29. The van der Waals surface area contributed by atoms with Crippen LogP contribution in [-0.2, 0) is 29.4 Å². The molecule has 12 heteroatoms.